The molecule has 0 aromatic heterocycles. The number of fused-ring (bicyclic) bond motifs is 1. The van der Waals surface area contributed by atoms with Crippen LogP contribution in [0.3, 0.4) is 0 Å². The van der Waals surface area contributed by atoms with Crippen LogP contribution in [0.1, 0.15) is 39.5 Å². The van der Waals surface area contributed by atoms with Crippen LogP contribution in [0.4, 0.5) is 0 Å². The highest BCUT2D eigenvalue weighted by Crippen LogP contribution is 2.59. The van der Waals surface area contributed by atoms with Crippen molar-refractivity contribution in [3.8, 4) is 0 Å². The van der Waals surface area contributed by atoms with E-state index in [-0.39, 0.29) is 6.10 Å². The monoisotopic (exact) mass is 348 g/mol. The Morgan fingerprint density at radius 1 is 1.20 bits per heavy atom. The second-order valence-electron chi connectivity index (χ2n) is 9.53. The van der Waals surface area contributed by atoms with Crippen LogP contribution in [0.15, 0.2) is 11.6 Å². The Morgan fingerprint density at radius 2 is 1.92 bits per heavy atom. The molecule has 1 saturated heterocycles. The number of rotatable bonds is 8. The maximum absolute atomic E-state index is 10.3. The van der Waals surface area contributed by atoms with Crippen molar-refractivity contribution in [1.82, 2.24) is 9.80 Å². The Hall–Kier alpha value is -0.420. The van der Waals surface area contributed by atoms with Crippen LogP contribution in [-0.4, -0.2) is 73.5 Å². The predicted octanol–water partition coefficient (Wildman–Crippen LogP) is 2.38. The van der Waals surface area contributed by atoms with Gasteiger partial charge in [0.15, 0.2) is 0 Å². The number of hydrogen-bond donors (Lipinski definition) is 1. The lowest BCUT2D eigenvalue weighted by molar-refractivity contribution is -0.0275. The molecule has 0 aromatic carbocycles. The number of β-amino-alcohol motifs (C(OH)–C–C–N with tert-alkyl or cyclic N) is 1. The Balaban J connectivity index is 1.12. The fourth-order valence-corrected chi connectivity index (χ4v) is 5.12. The van der Waals surface area contributed by atoms with Gasteiger partial charge in [0, 0.05) is 39.3 Å². The summed E-state index contributed by atoms with van der Waals surface area (Å²) in [6.45, 7) is 12.5. The van der Waals surface area contributed by atoms with Crippen LogP contribution in [0.25, 0.3) is 0 Å². The summed E-state index contributed by atoms with van der Waals surface area (Å²) in [5.41, 5.74) is 1.94. The molecule has 4 aliphatic carbocycles. The van der Waals surface area contributed by atoms with E-state index >= 15 is 0 Å². The molecule has 3 unspecified atom stereocenters. The number of ether oxygens (including phenoxy) is 1. The van der Waals surface area contributed by atoms with Gasteiger partial charge in [-0.1, -0.05) is 19.9 Å². The van der Waals surface area contributed by atoms with Crippen molar-refractivity contribution in [2.75, 3.05) is 52.5 Å². The van der Waals surface area contributed by atoms with Gasteiger partial charge in [-0.3, -0.25) is 4.90 Å². The number of aliphatic hydroxyl groups excluding tert-OH is 1. The first-order valence-electron chi connectivity index (χ1n) is 10.4. The molecule has 1 aliphatic heterocycles. The first kappa shape index (κ1) is 18.0. The smallest absolute Gasteiger partial charge is 0.0900 e. The molecule has 4 heteroatoms. The molecular formula is C21H36N2O2. The van der Waals surface area contributed by atoms with Gasteiger partial charge in [-0.25, -0.2) is 0 Å². The summed E-state index contributed by atoms with van der Waals surface area (Å²) >= 11 is 0. The van der Waals surface area contributed by atoms with Gasteiger partial charge < -0.3 is 14.7 Å². The standard InChI is InChI=1S/C21H36N2O2/c1-21(2)18-6-5-17(20(21)11-18)14-25-15-19(24)13-23-9-7-22(8-10-23)12-16-3-4-16/h5,16,18-20,24H,3-4,6-15H2,1-2H3. The van der Waals surface area contributed by atoms with Crippen LogP contribution < -0.4 is 0 Å². The molecule has 1 N–H and O–H groups in total. The normalized spacial score (nSPS) is 33.6. The van der Waals surface area contributed by atoms with Crippen molar-refractivity contribution in [2.45, 2.75) is 45.6 Å². The second kappa shape index (κ2) is 7.30. The molecule has 5 rings (SSSR count). The van der Waals surface area contributed by atoms with Crippen molar-refractivity contribution in [3.63, 3.8) is 0 Å². The molecule has 0 aromatic rings. The maximum Gasteiger partial charge on any atom is 0.0900 e. The summed E-state index contributed by atoms with van der Waals surface area (Å²) in [6.07, 6.45) is 7.47. The largest absolute Gasteiger partial charge is 0.389 e. The van der Waals surface area contributed by atoms with Crippen LogP contribution in [0.2, 0.25) is 0 Å². The van der Waals surface area contributed by atoms with Crippen LogP contribution in [0, 0.1) is 23.2 Å². The Bertz CT molecular complexity index is 492. The second-order valence-corrected chi connectivity index (χ2v) is 9.53. The third-order valence-electron chi connectivity index (χ3n) is 7.31. The Labute approximate surface area is 153 Å². The van der Waals surface area contributed by atoms with E-state index in [1.807, 2.05) is 0 Å². The number of hydrogen-bond acceptors (Lipinski definition) is 4. The van der Waals surface area contributed by atoms with Gasteiger partial charge >= 0.3 is 0 Å². The summed E-state index contributed by atoms with van der Waals surface area (Å²) in [6, 6.07) is 0. The van der Waals surface area contributed by atoms with Gasteiger partial charge in [0.2, 0.25) is 0 Å². The van der Waals surface area contributed by atoms with Crippen molar-refractivity contribution in [3.05, 3.63) is 11.6 Å². The lowest BCUT2D eigenvalue weighted by Crippen LogP contribution is -2.49. The lowest BCUT2D eigenvalue weighted by Gasteiger charge is -2.56. The Morgan fingerprint density at radius 3 is 2.56 bits per heavy atom. The Kier molecular flexibility index (Phi) is 5.25. The number of piperazine rings is 1. The van der Waals surface area contributed by atoms with Gasteiger partial charge in [0.25, 0.3) is 0 Å². The molecule has 1 heterocycles. The van der Waals surface area contributed by atoms with E-state index < -0.39 is 0 Å². The van der Waals surface area contributed by atoms with Crippen LogP contribution in [0.5, 0.6) is 0 Å². The topological polar surface area (TPSA) is 35.9 Å². The fraction of sp³-hybridized carbons (Fsp3) is 0.905. The SMILES string of the molecule is CC1(C)C2CC=C(COCC(O)CN3CCN(CC4CC4)CC3)C1C2. The highest BCUT2D eigenvalue weighted by molar-refractivity contribution is 5.23. The first-order valence-corrected chi connectivity index (χ1v) is 10.4. The number of allylic oxidation sites excluding steroid dienone is 1. The van der Waals surface area contributed by atoms with Crippen molar-refractivity contribution < 1.29 is 9.84 Å². The van der Waals surface area contributed by atoms with Crippen molar-refractivity contribution in [2.24, 2.45) is 23.2 Å². The number of aliphatic hydroxyl groups is 1. The summed E-state index contributed by atoms with van der Waals surface area (Å²) in [5, 5.41) is 10.3. The molecule has 25 heavy (non-hydrogen) atoms. The molecule has 4 nitrogen and oxygen atoms in total. The van der Waals surface area contributed by atoms with E-state index in [4.69, 9.17) is 4.74 Å². The molecule has 3 fully saturated rings. The minimum atomic E-state index is -0.360. The molecule has 142 valence electrons. The van der Waals surface area contributed by atoms with Crippen molar-refractivity contribution in [1.29, 1.82) is 0 Å². The molecule has 0 spiro atoms. The highest BCUT2D eigenvalue weighted by atomic mass is 16.5. The van der Waals surface area contributed by atoms with Gasteiger partial charge in [0.1, 0.15) is 0 Å². The third kappa shape index (κ3) is 4.13. The van der Waals surface area contributed by atoms with Crippen LogP contribution in [-0.2, 0) is 4.74 Å². The zero-order valence-corrected chi connectivity index (χ0v) is 16.1. The van der Waals surface area contributed by atoms with E-state index in [2.05, 4.69) is 29.7 Å². The van der Waals surface area contributed by atoms with E-state index in [0.29, 0.717) is 24.5 Å². The molecule has 0 amide bonds. The van der Waals surface area contributed by atoms with Gasteiger partial charge in [-0.05, 0) is 54.4 Å². The lowest BCUT2D eigenvalue weighted by atomic mass is 9.49. The average molecular weight is 349 g/mol. The van der Waals surface area contributed by atoms with E-state index in [1.165, 1.54) is 37.8 Å². The summed E-state index contributed by atoms with van der Waals surface area (Å²) in [7, 11) is 0. The summed E-state index contributed by atoms with van der Waals surface area (Å²) in [4.78, 5) is 5.00. The van der Waals surface area contributed by atoms with Crippen molar-refractivity contribution >= 4 is 0 Å². The summed E-state index contributed by atoms with van der Waals surface area (Å²) < 4.78 is 5.89. The number of nitrogens with zero attached hydrogens (tertiary/aromatic N) is 2. The molecular weight excluding hydrogens is 312 g/mol. The predicted molar refractivity (Wildman–Crippen MR) is 101 cm³/mol. The maximum atomic E-state index is 10.3. The van der Waals surface area contributed by atoms with Gasteiger partial charge in [0.05, 0.1) is 19.3 Å². The minimum absolute atomic E-state index is 0.360. The average Bonchev–Trinajstić information content (AvgIpc) is 3.40. The van der Waals surface area contributed by atoms with Gasteiger partial charge in [-0.15, -0.1) is 0 Å². The van der Waals surface area contributed by atoms with E-state index in [0.717, 1.165) is 44.6 Å². The zero-order chi connectivity index (χ0) is 17.4. The molecule has 2 saturated carbocycles. The molecule has 5 aliphatic rings. The quantitative estimate of drug-likeness (QED) is 0.683. The third-order valence-corrected chi connectivity index (χ3v) is 7.31. The molecule has 3 atom stereocenters. The molecule has 0 radical (unpaired) electrons. The zero-order valence-electron chi connectivity index (χ0n) is 16.1. The minimum Gasteiger partial charge on any atom is -0.389 e. The molecule has 2 bridgehead atoms. The van der Waals surface area contributed by atoms with Crippen LogP contribution >= 0.6 is 0 Å². The van der Waals surface area contributed by atoms with Gasteiger partial charge in [-0.2, -0.15) is 0 Å². The fourth-order valence-electron chi connectivity index (χ4n) is 5.12. The highest BCUT2D eigenvalue weighted by Gasteiger charge is 2.50. The summed E-state index contributed by atoms with van der Waals surface area (Å²) in [5.74, 6) is 2.57. The van der Waals surface area contributed by atoms with E-state index in [9.17, 15) is 5.11 Å². The first-order chi connectivity index (χ1) is 12.0. The van der Waals surface area contributed by atoms with E-state index in [1.54, 1.807) is 0 Å².